The number of aromatic nitrogens is 2. The zero-order valence-electron chi connectivity index (χ0n) is 20.4. The number of ether oxygens (including phenoxy) is 2. The smallest absolute Gasteiger partial charge is 0.322 e. The monoisotopic (exact) mass is 477 g/mol. The Hall–Kier alpha value is -3.36. The van der Waals surface area contributed by atoms with Gasteiger partial charge in [-0.25, -0.2) is 9.78 Å². The molecule has 0 aliphatic carbocycles. The van der Waals surface area contributed by atoms with E-state index in [4.69, 9.17) is 9.47 Å². The Morgan fingerprint density at radius 2 is 1.89 bits per heavy atom. The lowest BCUT2D eigenvalue weighted by Gasteiger charge is -2.28. The molecule has 2 aromatic carbocycles. The van der Waals surface area contributed by atoms with Crippen molar-refractivity contribution in [3.63, 3.8) is 0 Å². The Balaban J connectivity index is 1.47. The van der Waals surface area contributed by atoms with Gasteiger partial charge >= 0.3 is 6.03 Å². The second-order valence-corrected chi connectivity index (χ2v) is 8.59. The summed E-state index contributed by atoms with van der Waals surface area (Å²) in [6.07, 6.45) is 6.33. The van der Waals surface area contributed by atoms with Gasteiger partial charge in [-0.05, 0) is 31.0 Å². The summed E-state index contributed by atoms with van der Waals surface area (Å²) in [5, 5.41) is 3.18. The van der Waals surface area contributed by atoms with E-state index in [0.29, 0.717) is 19.7 Å². The fraction of sp³-hybridized carbons (Fsp3) is 0.407. The van der Waals surface area contributed by atoms with Crippen LogP contribution in [0.5, 0.6) is 5.75 Å². The van der Waals surface area contributed by atoms with Gasteiger partial charge in [-0.1, -0.05) is 36.4 Å². The zero-order valence-corrected chi connectivity index (χ0v) is 20.4. The van der Waals surface area contributed by atoms with E-state index >= 15 is 0 Å². The number of para-hydroxylation sites is 2. The third-order valence-corrected chi connectivity index (χ3v) is 6.08. The number of nitrogens with zero attached hydrogens (tertiary/aromatic N) is 4. The van der Waals surface area contributed by atoms with E-state index < -0.39 is 0 Å². The Kier molecular flexibility index (Phi) is 9.14. The van der Waals surface area contributed by atoms with Crippen LogP contribution in [0.15, 0.2) is 67.3 Å². The van der Waals surface area contributed by atoms with Crippen LogP contribution in [0.1, 0.15) is 24.5 Å². The van der Waals surface area contributed by atoms with Gasteiger partial charge in [0, 0.05) is 56.4 Å². The molecule has 1 aromatic heterocycles. The number of hydrogen-bond acceptors (Lipinski definition) is 5. The lowest BCUT2D eigenvalue weighted by molar-refractivity contribution is 0.0342. The van der Waals surface area contributed by atoms with Gasteiger partial charge in [0.15, 0.2) is 0 Å². The van der Waals surface area contributed by atoms with Crippen LogP contribution < -0.4 is 10.1 Å². The van der Waals surface area contributed by atoms with Crippen molar-refractivity contribution >= 4 is 11.7 Å². The Bertz CT molecular complexity index is 1050. The molecule has 0 spiro atoms. The molecule has 0 unspecified atom stereocenters. The number of carbonyl (C=O) groups excluding carboxylic acids is 1. The maximum absolute atomic E-state index is 13.5. The molecule has 0 radical (unpaired) electrons. The second kappa shape index (κ2) is 12.9. The molecule has 2 amide bonds. The molecule has 0 atom stereocenters. The van der Waals surface area contributed by atoms with Crippen molar-refractivity contribution < 1.29 is 14.3 Å². The highest BCUT2D eigenvalue weighted by Crippen LogP contribution is 2.22. The minimum atomic E-state index is -0.114. The van der Waals surface area contributed by atoms with E-state index in [2.05, 4.69) is 21.3 Å². The molecule has 186 valence electrons. The summed E-state index contributed by atoms with van der Waals surface area (Å²) in [5.74, 6) is 0.815. The summed E-state index contributed by atoms with van der Waals surface area (Å²) in [6.45, 7) is 8.51. The molecule has 8 heteroatoms. The number of amides is 2. The number of urea groups is 1. The quantitative estimate of drug-likeness (QED) is 0.447. The molecule has 1 aliphatic rings. The fourth-order valence-corrected chi connectivity index (χ4v) is 4.23. The lowest BCUT2D eigenvalue weighted by Crippen LogP contribution is -2.37. The first-order valence-corrected chi connectivity index (χ1v) is 12.3. The highest BCUT2D eigenvalue weighted by Gasteiger charge is 2.19. The average molecular weight is 478 g/mol. The van der Waals surface area contributed by atoms with Crippen molar-refractivity contribution in [1.29, 1.82) is 0 Å². The van der Waals surface area contributed by atoms with Gasteiger partial charge < -0.3 is 24.3 Å². The van der Waals surface area contributed by atoms with Crippen molar-refractivity contribution in [1.82, 2.24) is 19.4 Å². The normalized spacial score (nSPS) is 14.0. The number of anilines is 1. The third-order valence-electron chi connectivity index (χ3n) is 6.08. The minimum Gasteiger partial charge on any atom is -0.494 e. The van der Waals surface area contributed by atoms with E-state index in [1.807, 2.05) is 65.1 Å². The highest BCUT2D eigenvalue weighted by molar-refractivity contribution is 5.90. The van der Waals surface area contributed by atoms with Crippen LogP contribution in [0.4, 0.5) is 10.5 Å². The van der Waals surface area contributed by atoms with Crippen LogP contribution in [-0.2, 0) is 24.4 Å². The number of hydrogen-bond donors (Lipinski definition) is 1. The number of imidazole rings is 1. The van der Waals surface area contributed by atoms with E-state index in [0.717, 1.165) is 68.4 Å². The van der Waals surface area contributed by atoms with Crippen LogP contribution in [0.2, 0.25) is 0 Å². The van der Waals surface area contributed by atoms with Crippen LogP contribution in [0.3, 0.4) is 0 Å². The van der Waals surface area contributed by atoms with Crippen LogP contribution >= 0.6 is 0 Å². The SMILES string of the molecule is CCOc1ccccc1CN(CCCn1ccnc1)C(=O)Nc1ccccc1CN1CCOCC1. The zero-order chi connectivity index (χ0) is 24.3. The molecule has 35 heavy (non-hydrogen) atoms. The van der Waals surface area contributed by atoms with Gasteiger partial charge in [0.25, 0.3) is 0 Å². The third kappa shape index (κ3) is 7.31. The van der Waals surface area contributed by atoms with Gasteiger partial charge in [0.1, 0.15) is 5.75 Å². The summed E-state index contributed by atoms with van der Waals surface area (Å²) < 4.78 is 13.3. The molecule has 0 saturated carbocycles. The number of carbonyl (C=O) groups is 1. The Morgan fingerprint density at radius 1 is 1.11 bits per heavy atom. The highest BCUT2D eigenvalue weighted by atomic mass is 16.5. The molecule has 8 nitrogen and oxygen atoms in total. The van der Waals surface area contributed by atoms with E-state index in [9.17, 15) is 4.79 Å². The largest absolute Gasteiger partial charge is 0.494 e. The number of rotatable bonds is 11. The molecular weight excluding hydrogens is 442 g/mol. The summed E-state index contributed by atoms with van der Waals surface area (Å²) in [6, 6.07) is 15.8. The van der Waals surface area contributed by atoms with Gasteiger partial charge in [0.2, 0.25) is 0 Å². The van der Waals surface area contributed by atoms with Crippen LogP contribution in [0.25, 0.3) is 0 Å². The molecule has 0 bridgehead atoms. The van der Waals surface area contributed by atoms with Gasteiger partial charge in [-0.3, -0.25) is 4.90 Å². The van der Waals surface area contributed by atoms with Crippen molar-refractivity contribution in [2.45, 2.75) is 33.0 Å². The Morgan fingerprint density at radius 3 is 2.66 bits per heavy atom. The Labute approximate surface area is 207 Å². The summed E-state index contributed by atoms with van der Waals surface area (Å²) in [4.78, 5) is 21.9. The maximum atomic E-state index is 13.5. The van der Waals surface area contributed by atoms with Crippen molar-refractivity contribution in [3.8, 4) is 5.75 Å². The van der Waals surface area contributed by atoms with Crippen molar-refractivity contribution in [2.75, 3.05) is 44.8 Å². The molecular formula is C27H35N5O3. The van der Waals surface area contributed by atoms with Gasteiger partial charge in [-0.2, -0.15) is 0 Å². The van der Waals surface area contributed by atoms with Gasteiger partial charge in [0.05, 0.1) is 32.7 Å². The standard InChI is InChI=1S/C27H35N5O3/c1-2-35-26-11-6-4-9-24(26)21-32(14-7-13-31-15-12-28-22-31)27(33)29-25-10-5-3-8-23(25)20-30-16-18-34-19-17-30/h3-6,8-12,15,22H,2,7,13-14,16-21H2,1H3,(H,29,33). The number of nitrogens with one attached hydrogen (secondary N) is 1. The minimum absolute atomic E-state index is 0.114. The van der Waals surface area contributed by atoms with E-state index in [1.54, 1.807) is 12.5 Å². The number of morpholine rings is 1. The molecule has 1 aliphatic heterocycles. The predicted octanol–water partition coefficient (Wildman–Crippen LogP) is 4.24. The first-order chi connectivity index (χ1) is 17.2. The topological polar surface area (TPSA) is 71.9 Å². The molecule has 4 rings (SSSR count). The van der Waals surface area contributed by atoms with E-state index in [-0.39, 0.29) is 6.03 Å². The molecule has 1 fully saturated rings. The molecule has 1 N–H and O–H groups in total. The van der Waals surface area contributed by atoms with E-state index in [1.165, 1.54) is 0 Å². The number of aryl methyl sites for hydroxylation is 1. The number of benzene rings is 2. The molecule has 1 saturated heterocycles. The first kappa shape index (κ1) is 24.8. The first-order valence-electron chi connectivity index (χ1n) is 12.3. The summed E-state index contributed by atoms with van der Waals surface area (Å²) in [7, 11) is 0. The van der Waals surface area contributed by atoms with Crippen LogP contribution in [0, 0.1) is 0 Å². The van der Waals surface area contributed by atoms with Gasteiger partial charge in [-0.15, -0.1) is 0 Å². The molecule has 2 heterocycles. The van der Waals surface area contributed by atoms with Crippen LogP contribution in [-0.4, -0.2) is 64.8 Å². The average Bonchev–Trinajstić information content (AvgIpc) is 3.40. The maximum Gasteiger partial charge on any atom is 0.322 e. The van der Waals surface area contributed by atoms with Crippen molar-refractivity contribution in [2.24, 2.45) is 0 Å². The molecule has 3 aromatic rings. The summed E-state index contributed by atoms with van der Waals surface area (Å²) >= 11 is 0. The van der Waals surface area contributed by atoms with Crippen molar-refractivity contribution in [3.05, 3.63) is 78.4 Å². The summed E-state index contributed by atoms with van der Waals surface area (Å²) in [5.41, 5.74) is 2.95. The fourth-order valence-electron chi connectivity index (χ4n) is 4.23. The predicted molar refractivity (Wildman–Crippen MR) is 136 cm³/mol. The lowest BCUT2D eigenvalue weighted by atomic mass is 10.1. The second-order valence-electron chi connectivity index (χ2n) is 8.59.